The number of hydrogen-bond donors (Lipinski definition) is 3. The molecule has 0 saturated carbocycles. The molecule has 5 rings (SSSR count). The summed E-state index contributed by atoms with van der Waals surface area (Å²) in [5, 5.41) is 16.6. The van der Waals surface area contributed by atoms with E-state index in [9.17, 15) is 14.7 Å². The lowest BCUT2D eigenvalue weighted by atomic mass is 10.1. The van der Waals surface area contributed by atoms with Gasteiger partial charge in [0, 0.05) is 25.1 Å². The van der Waals surface area contributed by atoms with Crippen molar-refractivity contribution in [3.8, 4) is 5.75 Å². The molecule has 4 aromatic rings. The van der Waals surface area contributed by atoms with Crippen molar-refractivity contribution in [2.75, 3.05) is 31.0 Å². The Balaban J connectivity index is 1.49. The van der Waals surface area contributed by atoms with Crippen molar-refractivity contribution in [3.05, 3.63) is 83.7 Å². The maximum Gasteiger partial charge on any atom is 0.356 e. The number of aromatic hydroxyl groups is 1. The Labute approximate surface area is 226 Å². The Kier molecular flexibility index (Phi) is 8.07. The van der Waals surface area contributed by atoms with Gasteiger partial charge in [0.05, 0.1) is 37.2 Å². The smallest absolute Gasteiger partial charge is 0.356 e. The van der Waals surface area contributed by atoms with Crippen molar-refractivity contribution in [3.63, 3.8) is 0 Å². The molecule has 3 heterocycles. The van der Waals surface area contributed by atoms with Crippen molar-refractivity contribution in [1.82, 2.24) is 9.55 Å². The van der Waals surface area contributed by atoms with Gasteiger partial charge in [0.25, 0.3) is 0 Å². The van der Waals surface area contributed by atoms with E-state index in [1.165, 1.54) is 12.7 Å². The SMILES string of the molecule is COC(=O)c1c(NC(=O)C2CCOC2)c2cc(NCc3ccc(O)cc3)cnc2n1CCCc1ccccc1. The van der Waals surface area contributed by atoms with Crippen LogP contribution in [0.3, 0.4) is 0 Å². The third-order valence-corrected chi connectivity index (χ3v) is 6.95. The summed E-state index contributed by atoms with van der Waals surface area (Å²) in [6, 6.07) is 19.0. The highest BCUT2D eigenvalue weighted by atomic mass is 16.5. The van der Waals surface area contributed by atoms with Crippen LogP contribution in [0.5, 0.6) is 5.75 Å². The molecule has 0 spiro atoms. The summed E-state index contributed by atoms with van der Waals surface area (Å²) in [7, 11) is 1.34. The van der Waals surface area contributed by atoms with Crippen LogP contribution < -0.4 is 10.6 Å². The predicted molar refractivity (Wildman–Crippen MR) is 149 cm³/mol. The predicted octanol–water partition coefficient (Wildman–Crippen LogP) is 4.75. The lowest BCUT2D eigenvalue weighted by molar-refractivity contribution is -0.119. The number of hydrogen-bond acceptors (Lipinski definition) is 7. The lowest BCUT2D eigenvalue weighted by Gasteiger charge is -2.12. The van der Waals surface area contributed by atoms with Gasteiger partial charge in [0.15, 0.2) is 5.69 Å². The Hall–Kier alpha value is -4.37. The van der Waals surface area contributed by atoms with Gasteiger partial charge < -0.3 is 29.8 Å². The largest absolute Gasteiger partial charge is 0.508 e. The number of carbonyl (C=O) groups is 2. The maximum absolute atomic E-state index is 13.1. The van der Waals surface area contributed by atoms with E-state index in [1.807, 2.05) is 41.0 Å². The van der Waals surface area contributed by atoms with E-state index in [1.54, 1.807) is 18.3 Å². The van der Waals surface area contributed by atoms with Gasteiger partial charge in [-0.25, -0.2) is 9.78 Å². The topological polar surface area (TPSA) is 115 Å². The molecule has 1 saturated heterocycles. The second kappa shape index (κ2) is 12.0. The first-order valence-electron chi connectivity index (χ1n) is 13.1. The standard InChI is InChI=1S/C30H32N4O5/c1-38-30(37)27-26(33-29(36)22-13-15-39-19-22)25-16-23(31-17-21-9-11-24(35)12-10-21)18-32-28(25)34(27)14-5-8-20-6-3-2-4-7-20/h2-4,6-7,9-12,16,18,22,31,35H,5,8,13-15,17,19H2,1H3,(H,33,36). The Morgan fingerprint density at radius 2 is 1.92 bits per heavy atom. The van der Waals surface area contributed by atoms with E-state index in [0.717, 1.165) is 24.1 Å². The van der Waals surface area contributed by atoms with Gasteiger partial charge in [-0.05, 0) is 48.6 Å². The molecule has 0 aliphatic carbocycles. The number of aryl methyl sites for hydroxylation is 2. The van der Waals surface area contributed by atoms with Crippen LogP contribution in [0, 0.1) is 5.92 Å². The van der Waals surface area contributed by atoms with Gasteiger partial charge in [-0.1, -0.05) is 42.5 Å². The molecule has 0 radical (unpaired) electrons. The minimum absolute atomic E-state index is 0.191. The van der Waals surface area contributed by atoms with Crippen LogP contribution in [0.2, 0.25) is 0 Å². The van der Waals surface area contributed by atoms with Crippen molar-refractivity contribution < 1.29 is 24.2 Å². The minimum atomic E-state index is -0.538. The zero-order chi connectivity index (χ0) is 27.2. The number of phenolic OH excluding ortho intramolecular Hbond substituents is 1. The zero-order valence-electron chi connectivity index (χ0n) is 21.9. The molecule has 0 bridgehead atoms. The van der Waals surface area contributed by atoms with E-state index in [2.05, 4.69) is 22.8 Å². The minimum Gasteiger partial charge on any atom is -0.508 e. The molecule has 2 aromatic carbocycles. The van der Waals surface area contributed by atoms with Gasteiger partial charge in [-0.15, -0.1) is 0 Å². The average molecular weight is 529 g/mol. The molecule has 2 aromatic heterocycles. The molecule has 1 unspecified atom stereocenters. The van der Waals surface area contributed by atoms with Gasteiger partial charge in [0.1, 0.15) is 11.4 Å². The van der Waals surface area contributed by atoms with Crippen LogP contribution in [0.15, 0.2) is 66.9 Å². The molecular formula is C30H32N4O5. The third kappa shape index (κ3) is 6.04. The third-order valence-electron chi connectivity index (χ3n) is 6.95. The number of esters is 1. The molecule has 1 aliphatic heterocycles. The van der Waals surface area contributed by atoms with Crippen LogP contribution in [0.1, 0.15) is 34.5 Å². The zero-order valence-corrected chi connectivity index (χ0v) is 21.9. The van der Waals surface area contributed by atoms with Gasteiger partial charge in [0.2, 0.25) is 5.91 Å². The fraction of sp³-hybridized carbons (Fsp3) is 0.300. The van der Waals surface area contributed by atoms with E-state index >= 15 is 0 Å². The van der Waals surface area contributed by atoms with Crippen LogP contribution in [-0.4, -0.2) is 46.9 Å². The normalized spacial score (nSPS) is 14.8. The summed E-state index contributed by atoms with van der Waals surface area (Å²) < 4.78 is 12.4. The molecule has 1 fully saturated rings. The number of amides is 1. The second-order valence-corrected chi connectivity index (χ2v) is 9.62. The number of fused-ring (bicyclic) bond motifs is 1. The highest BCUT2D eigenvalue weighted by Gasteiger charge is 2.29. The fourth-order valence-corrected chi connectivity index (χ4v) is 4.85. The molecule has 9 heteroatoms. The highest BCUT2D eigenvalue weighted by Crippen LogP contribution is 2.34. The van der Waals surface area contributed by atoms with E-state index in [-0.39, 0.29) is 23.3 Å². The van der Waals surface area contributed by atoms with Crippen molar-refractivity contribution >= 4 is 34.3 Å². The number of anilines is 2. The van der Waals surface area contributed by atoms with Crippen LogP contribution in [0.4, 0.5) is 11.4 Å². The van der Waals surface area contributed by atoms with E-state index in [4.69, 9.17) is 14.5 Å². The van der Waals surface area contributed by atoms with Crippen molar-refractivity contribution in [1.29, 1.82) is 0 Å². The number of methoxy groups -OCH3 is 1. The van der Waals surface area contributed by atoms with E-state index < -0.39 is 5.97 Å². The van der Waals surface area contributed by atoms with Crippen LogP contribution in [0.25, 0.3) is 11.0 Å². The van der Waals surface area contributed by atoms with E-state index in [0.29, 0.717) is 49.4 Å². The summed E-state index contributed by atoms with van der Waals surface area (Å²) in [6.45, 7) is 1.92. The average Bonchev–Trinajstić information content (AvgIpc) is 3.60. The fourth-order valence-electron chi connectivity index (χ4n) is 4.85. The summed E-state index contributed by atoms with van der Waals surface area (Å²) in [4.78, 5) is 31.0. The first-order valence-corrected chi connectivity index (χ1v) is 13.1. The number of ether oxygens (including phenoxy) is 2. The van der Waals surface area contributed by atoms with Crippen LogP contribution >= 0.6 is 0 Å². The molecule has 1 atom stereocenters. The first-order chi connectivity index (χ1) is 19.0. The Morgan fingerprint density at radius 3 is 2.64 bits per heavy atom. The number of rotatable bonds is 10. The van der Waals surface area contributed by atoms with Gasteiger partial charge in [-0.2, -0.15) is 0 Å². The number of nitrogens with zero attached hydrogens (tertiary/aromatic N) is 2. The number of carbonyl (C=O) groups excluding carboxylic acids is 2. The number of aromatic nitrogens is 2. The molecule has 202 valence electrons. The van der Waals surface area contributed by atoms with Crippen molar-refractivity contribution in [2.45, 2.75) is 32.4 Å². The maximum atomic E-state index is 13.1. The van der Waals surface area contributed by atoms with Crippen molar-refractivity contribution in [2.24, 2.45) is 5.92 Å². The molecule has 1 aliphatic rings. The Morgan fingerprint density at radius 1 is 1.13 bits per heavy atom. The van der Waals surface area contributed by atoms with Gasteiger partial charge >= 0.3 is 5.97 Å². The quantitative estimate of drug-likeness (QED) is 0.255. The number of benzene rings is 2. The molecular weight excluding hydrogens is 496 g/mol. The number of pyridine rings is 1. The molecule has 39 heavy (non-hydrogen) atoms. The monoisotopic (exact) mass is 528 g/mol. The Bertz CT molecular complexity index is 1440. The number of nitrogens with one attached hydrogen (secondary N) is 2. The molecule has 1 amide bonds. The summed E-state index contributed by atoms with van der Waals surface area (Å²) >= 11 is 0. The first kappa shape index (κ1) is 26.2. The van der Waals surface area contributed by atoms with Crippen LogP contribution in [-0.2, 0) is 33.8 Å². The highest BCUT2D eigenvalue weighted by molar-refractivity contribution is 6.11. The summed E-state index contributed by atoms with van der Waals surface area (Å²) in [5.74, 6) is -0.803. The summed E-state index contributed by atoms with van der Waals surface area (Å²) in [5.41, 5.74) is 4.18. The van der Waals surface area contributed by atoms with Gasteiger partial charge in [-0.3, -0.25) is 4.79 Å². The molecule has 3 N–H and O–H groups in total. The lowest BCUT2D eigenvalue weighted by Crippen LogP contribution is -2.24. The second-order valence-electron chi connectivity index (χ2n) is 9.62. The summed E-state index contributed by atoms with van der Waals surface area (Å²) in [6.07, 6.45) is 3.94. The molecule has 9 nitrogen and oxygen atoms in total. The number of phenols is 1.